The van der Waals surface area contributed by atoms with Crippen LogP contribution in [0.25, 0.3) is 0 Å². The maximum Gasteiger partial charge on any atom is 0.0406 e. The number of rotatable bonds is 6. The van der Waals surface area contributed by atoms with E-state index in [4.69, 9.17) is 11.6 Å². The molecule has 1 aromatic rings. The first-order valence-corrected chi connectivity index (χ1v) is 7.81. The van der Waals surface area contributed by atoms with Crippen molar-refractivity contribution in [3.63, 3.8) is 0 Å². The molecule has 0 bridgehead atoms. The molecule has 1 heterocycles. The summed E-state index contributed by atoms with van der Waals surface area (Å²) in [6, 6.07) is 9.41. The van der Waals surface area contributed by atoms with Crippen LogP contribution in [0.4, 0.5) is 0 Å². The first-order chi connectivity index (χ1) is 9.20. The van der Waals surface area contributed by atoms with Crippen molar-refractivity contribution in [1.29, 1.82) is 0 Å². The summed E-state index contributed by atoms with van der Waals surface area (Å²) < 4.78 is 0. The third kappa shape index (κ3) is 4.20. The SMILES string of the molecule is CCCN(CC1CCCN1)C(C)c1ccc(Cl)cc1. The summed E-state index contributed by atoms with van der Waals surface area (Å²) in [5.74, 6) is 0. The molecular formula is C16H25ClN2. The summed E-state index contributed by atoms with van der Waals surface area (Å²) in [6.45, 7) is 8.04. The number of hydrogen-bond donors (Lipinski definition) is 1. The molecule has 1 fully saturated rings. The molecule has 1 aliphatic rings. The Bertz CT molecular complexity index is 371. The van der Waals surface area contributed by atoms with E-state index in [0.29, 0.717) is 12.1 Å². The van der Waals surface area contributed by atoms with E-state index in [1.54, 1.807) is 0 Å². The van der Waals surface area contributed by atoms with Gasteiger partial charge in [0.15, 0.2) is 0 Å². The van der Waals surface area contributed by atoms with Crippen molar-refractivity contribution in [1.82, 2.24) is 10.2 Å². The van der Waals surface area contributed by atoms with Gasteiger partial charge in [-0.1, -0.05) is 30.7 Å². The second-order valence-electron chi connectivity index (χ2n) is 5.52. The molecule has 3 heteroatoms. The summed E-state index contributed by atoms with van der Waals surface area (Å²) in [4.78, 5) is 2.59. The van der Waals surface area contributed by atoms with Crippen molar-refractivity contribution in [3.8, 4) is 0 Å². The van der Waals surface area contributed by atoms with Gasteiger partial charge >= 0.3 is 0 Å². The highest BCUT2D eigenvalue weighted by Gasteiger charge is 2.21. The van der Waals surface area contributed by atoms with Gasteiger partial charge < -0.3 is 5.32 Å². The van der Waals surface area contributed by atoms with Crippen LogP contribution in [0.15, 0.2) is 24.3 Å². The first kappa shape index (κ1) is 14.8. The second-order valence-corrected chi connectivity index (χ2v) is 5.95. The Hall–Kier alpha value is -0.570. The number of benzene rings is 1. The van der Waals surface area contributed by atoms with Gasteiger partial charge in [-0.05, 0) is 57.0 Å². The minimum atomic E-state index is 0.458. The molecule has 1 aromatic carbocycles. The molecule has 106 valence electrons. The molecule has 19 heavy (non-hydrogen) atoms. The Kier molecular flexibility index (Phi) is 5.68. The summed E-state index contributed by atoms with van der Waals surface area (Å²) in [6.07, 6.45) is 3.83. The van der Waals surface area contributed by atoms with Crippen LogP contribution in [0.2, 0.25) is 5.02 Å². The summed E-state index contributed by atoms with van der Waals surface area (Å²) in [5.41, 5.74) is 1.36. The van der Waals surface area contributed by atoms with E-state index >= 15 is 0 Å². The lowest BCUT2D eigenvalue weighted by Crippen LogP contribution is -2.39. The van der Waals surface area contributed by atoms with Gasteiger partial charge in [-0.3, -0.25) is 4.90 Å². The highest BCUT2D eigenvalue weighted by atomic mass is 35.5. The van der Waals surface area contributed by atoms with E-state index in [2.05, 4.69) is 36.2 Å². The molecule has 0 aliphatic carbocycles. The molecule has 0 radical (unpaired) electrons. The Labute approximate surface area is 122 Å². The lowest BCUT2D eigenvalue weighted by Gasteiger charge is -2.31. The van der Waals surface area contributed by atoms with Gasteiger partial charge in [0.2, 0.25) is 0 Å². The maximum atomic E-state index is 5.97. The second kappa shape index (κ2) is 7.28. The topological polar surface area (TPSA) is 15.3 Å². The minimum absolute atomic E-state index is 0.458. The van der Waals surface area contributed by atoms with Crippen LogP contribution < -0.4 is 5.32 Å². The number of halogens is 1. The van der Waals surface area contributed by atoms with E-state index in [0.717, 1.165) is 18.1 Å². The lowest BCUT2D eigenvalue weighted by atomic mass is 10.1. The van der Waals surface area contributed by atoms with Crippen molar-refractivity contribution in [2.45, 2.75) is 45.2 Å². The van der Waals surface area contributed by atoms with E-state index < -0.39 is 0 Å². The molecule has 0 saturated carbocycles. The Morgan fingerprint density at radius 2 is 2.11 bits per heavy atom. The maximum absolute atomic E-state index is 5.97. The molecule has 0 aromatic heterocycles. The van der Waals surface area contributed by atoms with E-state index in [1.807, 2.05) is 12.1 Å². The lowest BCUT2D eigenvalue weighted by molar-refractivity contribution is 0.192. The zero-order valence-corrected chi connectivity index (χ0v) is 12.8. The third-order valence-corrected chi connectivity index (χ3v) is 4.28. The highest BCUT2D eigenvalue weighted by Crippen LogP contribution is 2.23. The van der Waals surface area contributed by atoms with Gasteiger partial charge in [0, 0.05) is 23.7 Å². The number of nitrogens with one attached hydrogen (secondary N) is 1. The van der Waals surface area contributed by atoms with Crippen LogP contribution in [0, 0.1) is 0 Å². The fourth-order valence-electron chi connectivity index (χ4n) is 2.88. The summed E-state index contributed by atoms with van der Waals surface area (Å²) in [5, 5.41) is 4.41. The Morgan fingerprint density at radius 1 is 1.37 bits per heavy atom. The fourth-order valence-corrected chi connectivity index (χ4v) is 3.00. The van der Waals surface area contributed by atoms with Gasteiger partial charge in [-0.15, -0.1) is 0 Å². The summed E-state index contributed by atoms with van der Waals surface area (Å²) in [7, 11) is 0. The first-order valence-electron chi connectivity index (χ1n) is 7.43. The van der Waals surface area contributed by atoms with Crippen LogP contribution in [-0.4, -0.2) is 30.6 Å². The van der Waals surface area contributed by atoms with Crippen LogP contribution in [-0.2, 0) is 0 Å². The molecule has 1 aliphatic heterocycles. The van der Waals surface area contributed by atoms with Crippen molar-refractivity contribution in [2.75, 3.05) is 19.6 Å². The number of hydrogen-bond acceptors (Lipinski definition) is 2. The molecule has 1 N–H and O–H groups in total. The van der Waals surface area contributed by atoms with Crippen LogP contribution in [0.3, 0.4) is 0 Å². The van der Waals surface area contributed by atoms with Crippen molar-refractivity contribution in [2.24, 2.45) is 0 Å². The smallest absolute Gasteiger partial charge is 0.0406 e. The average molecular weight is 281 g/mol. The zero-order valence-electron chi connectivity index (χ0n) is 12.0. The van der Waals surface area contributed by atoms with Gasteiger partial charge in [0.05, 0.1) is 0 Å². The molecule has 2 rings (SSSR count). The van der Waals surface area contributed by atoms with E-state index in [1.165, 1.54) is 31.4 Å². The Balaban J connectivity index is 2.01. The van der Waals surface area contributed by atoms with Crippen molar-refractivity contribution >= 4 is 11.6 Å². The van der Waals surface area contributed by atoms with Gasteiger partial charge in [0.1, 0.15) is 0 Å². The van der Waals surface area contributed by atoms with Crippen molar-refractivity contribution in [3.05, 3.63) is 34.9 Å². The molecular weight excluding hydrogens is 256 g/mol. The average Bonchev–Trinajstić information content (AvgIpc) is 2.91. The standard InChI is InChI=1S/C16H25ClN2/c1-3-11-19(12-16-5-4-10-18-16)13(2)14-6-8-15(17)9-7-14/h6-9,13,16,18H,3-5,10-12H2,1-2H3. The molecule has 0 spiro atoms. The Morgan fingerprint density at radius 3 is 2.68 bits per heavy atom. The molecule has 2 unspecified atom stereocenters. The monoisotopic (exact) mass is 280 g/mol. The minimum Gasteiger partial charge on any atom is -0.313 e. The fraction of sp³-hybridized carbons (Fsp3) is 0.625. The molecule has 2 atom stereocenters. The normalized spacial score (nSPS) is 20.9. The van der Waals surface area contributed by atoms with E-state index in [-0.39, 0.29) is 0 Å². The largest absolute Gasteiger partial charge is 0.313 e. The molecule has 1 saturated heterocycles. The highest BCUT2D eigenvalue weighted by molar-refractivity contribution is 6.30. The predicted molar refractivity (Wildman–Crippen MR) is 82.8 cm³/mol. The van der Waals surface area contributed by atoms with Crippen LogP contribution >= 0.6 is 11.6 Å². The quantitative estimate of drug-likeness (QED) is 0.851. The molecule has 2 nitrogen and oxygen atoms in total. The number of nitrogens with zero attached hydrogens (tertiary/aromatic N) is 1. The molecule has 0 amide bonds. The van der Waals surface area contributed by atoms with Gasteiger partial charge in [-0.25, -0.2) is 0 Å². The van der Waals surface area contributed by atoms with Crippen LogP contribution in [0.1, 0.15) is 44.7 Å². The summed E-state index contributed by atoms with van der Waals surface area (Å²) >= 11 is 5.97. The third-order valence-electron chi connectivity index (χ3n) is 4.03. The van der Waals surface area contributed by atoms with E-state index in [9.17, 15) is 0 Å². The van der Waals surface area contributed by atoms with Gasteiger partial charge in [-0.2, -0.15) is 0 Å². The zero-order chi connectivity index (χ0) is 13.7. The van der Waals surface area contributed by atoms with Gasteiger partial charge in [0.25, 0.3) is 0 Å². The van der Waals surface area contributed by atoms with Crippen LogP contribution in [0.5, 0.6) is 0 Å². The predicted octanol–water partition coefficient (Wildman–Crippen LogP) is 3.87. The van der Waals surface area contributed by atoms with Crippen molar-refractivity contribution < 1.29 is 0 Å².